The normalized spacial score (nSPS) is 10.8. The van der Waals surface area contributed by atoms with Crippen LogP contribution in [0.3, 0.4) is 0 Å². The highest BCUT2D eigenvalue weighted by molar-refractivity contribution is 7.98. The van der Waals surface area contributed by atoms with Crippen LogP contribution in [0.5, 0.6) is 0 Å². The third kappa shape index (κ3) is 6.93. The van der Waals surface area contributed by atoms with Gasteiger partial charge in [-0.25, -0.2) is 0 Å². The molecule has 3 nitrogen and oxygen atoms in total. The van der Waals surface area contributed by atoms with Crippen molar-refractivity contribution in [1.29, 1.82) is 0 Å². The molecule has 0 aromatic carbocycles. The summed E-state index contributed by atoms with van der Waals surface area (Å²) in [6.07, 6.45) is 6.11. The van der Waals surface area contributed by atoms with E-state index in [0.717, 1.165) is 31.9 Å². The zero-order valence-electron chi connectivity index (χ0n) is 9.91. The van der Waals surface area contributed by atoms with Gasteiger partial charge in [-0.1, -0.05) is 0 Å². The minimum absolute atomic E-state index is 0.583. The van der Waals surface area contributed by atoms with Gasteiger partial charge in [0, 0.05) is 6.61 Å². The second kappa shape index (κ2) is 9.75. The Balaban J connectivity index is 1.78. The van der Waals surface area contributed by atoms with E-state index >= 15 is 0 Å². The van der Waals surface area contributed by atoms with Gasteiger partial charge in [0.2, 0.25) is 0 Å². The lowest BCUT2D eigenvalue weighted by Crippen LogP contribution is -2.18. The van der Waals surface area contributed by atoms with Gasteiger partial charge in [0.15, 0.2) is 0 Å². The molecule has 0 saturated carbocycles. The summed E-state index contributed by atoms with van der Waals surface area (Å²) < 4.78 is 10.6. The molecule has 1 heterocycles. The minimum Gasteiger partial charge on any atom is -0.467 e. The van der Waals surface area contributed by atoms with E-state index in [1.165, 1.54) is 12.2 Å². The Kier molecular flexibility index (Phi) is 8.30. The van der Waals surface area contributed by atoms with Crippen LogP contribution in [0.2, 0.25) is 0 Å². The van der Waals surface area contributed by atoms with Crippen LogP contribution in [0.1, 0.15) is 18.6 Å². The number of nitrogens with one attached hydrogen (secondary N) is 1. The maximum atomic E-state index is 5.47. The van der Waals surface area contributed by atoms with Gasteiger partial charge in [0.1, 0.15) is 12.4 Å². The third-order valence-corrected chi connectivity index (χ3v) is 2.87. The Labute approximate surface area is 102 Å². The van der Waals surface area contributed by atoms with Gasteiger partial charge in [0.05, 0.1) is 6.26 Å². The molecule has 0 spiro atoms. The van der Waals surface area contributed by atoms with Crippen molar-refractivity contribution < 1.29 is 9.15 Å². The summed E-state index contributed by atoms with van der Waals surface area (Å²) in [5, 5.41) is 3.40. The molecule has 1 rings (SSSR count). The van der Waals surface area contributed by atoms with Gasteiger partial charge in [-0.2, -0.15) is 11.8 Å². The van der Waals surface area contributed by atoms with E-state index in [-0.39, 0.29) is 0 Å². The van der Waals surface area contributed by atoms with Gasteiger partial charge in [-0.3, -0.25) is 0 Å². The van der Waals surface area contributed by atoms with Crippen LogP contribution >= 0.6 is 11.8 Å². The number of hydrogen-bond acceptors (Lipinski definition) is 4. The molecule has 0 aliphatic rings. The predicted molar refractivity (Wildman–Crippen MR) is 68.8 cm³/mol. The summed E-state index contributed by atoms with van der Waals surface area (Å²) in [4.78, 5) is 0. The molecule has 1 aromatic rings. The second-order valence-electron chi connectivity index (χ2n) is 3.58. The highest BCUT2D eigenvalue weighted by Crippen LogP contribution is 2.01. The van der Waals surface area contributed by atoms with E-state index < -0.39 is 0 Å². The molecular formula is C12H21NO2S. The van der Waals surface area contributed by atoms with Crippen LogP contribution < -0.4 is 5.32 Å². The highest BCUT2D eigenvalue weighted by atomic mass is 32.2. The van der Waals surface area contributed by atoms with Gasteiger partial charge in [-0.15, -0.1) is 0 Å². The van der Waals surface area contributed by atoms with E-state index in [1.54, 1.807) is 6.26 Å². The van der Waals surface area contributed by atoms with Crippen LogP contribution in [0.25, 0.3) is 0 Å². The monoisotopic (exact) mass is 243 g/mol. The van der Waals surface area contributed by atoms with Crippen LogP contribution in [-0.2, 0) is 11.3 Å². The quantitative estimate of drug-likeness (QED) is 0.640. The first kappa shape index (κ1) is 13.6. The number of ether oxygens (including phenoxy) is 1. The molecule has 0 saturated heterocycles. The maximum Gasteiger partial charge on any atom is 0.129 e. The Hall–Kier alpha value is -0.450. The highest BCUT2D eigenvalue weighted by Gasteiger charge is 1.95. The fourth-order valence-corrected chi connectivity index (χ4v) is 1.77. The average molecular weight is 243 g/mol. The molecule has 0 unspecified atom stereocenters. The number of thioether (sulfide) groups is 1. The van der Waals surface area contributed by atoms with Crippen molar-refractivity contribution in [3.05, 3.63) is 24.2 Å². The van der Waals surface area contributed by atoms with Crippen molar-refractivity contribution in [3.63, 3.8) is 0 Å². The summed E-state index contributed by atoms with van der Waals surface area (Å²) in [6, 6.07) is 3.81. The van der Waals surface area contributed by atoms with Crippen LogP contribution in [0.15, 0.2) is 22.8 Å². The summed E-state index contributed by atoms with van der Waals surface area (Å²) in [5.41, 5.74) is 0. The fraction of sp³-hybridized carbons (Fsp3) is 0.667. The van der Waals surface area contributed by atoms with Crippen molar-refractivity contribution in [1.82, 2.24) is 5.32 Å². The SMILES string of the molecule is CSCCCNCCCOCc1ccco1. The number of rotatable bonds is 10. The molecule has 1 N–H and O–H groups in total. The van der Waals surface area contributed by atoms with E-state index in [0.29, 0.717) is 6.61 Å². The standard InChI is InChI=1S/C12H21NO2S/c1-16-10-4-7-13-6-3-8-14-11-12-5-2-9-15-12/h2,5,9,13H,3-4,6-8,10-11H2,1H3. The Morgan fingerprint density at radius 1 is 1.38 bits per heavy atom. The van der Waals surface area contributed by atoms with Gasteiger partial charge in [0.25, 0.3) is 0 Å². The molecule has 0 aliphatic carbocycles. The Bertz CT molecular complexity index is 239. The molecule has 0 amide bonds. The lowest BCUT2D eigenvalue weighted by atomic mass is 10.4. The summed E-state index contributed by atoms with van der Waals surface area (Å²) >= 11 is 1.90. The molecule has 0 radical (unpaired) electrons. The third-order valence-electron chi connectivity index (χ3n) is 2.17. The maximum absolute atomic E-state index is 5.47. The molecule has 0 aliphatic heterocycles. The van der Waals surface area contributed by atoms with Crippen molar-refractivity contribution in [2.75, 3.05) is 31.7 Å². The van der Waals surface area contributed by atoms with Crippen molar-refractivity contribution >= 4 is 11.8 Å². The topological polar surface area (TPSA) is 34.4 Å². The molecule has 92 valence electrons. The first-order chi connectivity index (χ1) is 7.93. The smallest absolute Gasteiger partial charge is 0.129 e. The number of furan rings is 1. The average Bonchev–Trinajstić information content (AvgIpc) is 2.80. The second-order valence-corrected chi connectivity index (χ2v) is 4.57. The lowest BCUT2D eigenvalue weighted by molar-refractivity contribution is 0.104. The molecule has 0 bridgehead atoms. The predicted octanol–water partition coefficient (Wildman–Crippen LogP) is 2.53. The number of hydrogen-bond donors (Lipinski definition) is 1. The molecule has 0 fully saturated rings. The van der Waals surface area contributed by atoms with E-state index in [9.17, 15) is 0 Å². The Morgan fingerprint density at radius 3 is 3.00 bits per heavy atom. The first-order valence-corrected chi connectivity index (χ1v) is 7.12. The molecule has 1 aromatic heterocycles. The summed E-state index contributed by atoms with van der Waals surface area (Å²) in [7, 11) is 0. The van der Waals surface area contributed by atoms with Gasteiger partial charge < -0.3 is 14.5 Å². The molecule has 0 atom stereocenters. The minimum atomic E-state index is 0.583. The first-order valence-electron chi connectivity index (χ1n) is 5.73. The summed E-state index contributed by atoms with van der Waals surface area (Å²) in [6.45, 7) is 3.52. The molecular weight excluding hydrogens is 222 g/mol. The van der Waals surface area contributed by atoms with Crippen LogP contribution in [0, 0.1) is 0 Å². The van der Waals surface area contributed by atoms with Crippen molar-refractivity contribution in [3.8, 4) is 0 Å². The molecule has 16 heavy (non-hydrogen) atoms. The van der Waals surface area contributed by atoms with E-state index in [1.807, 2.05) is 23.9 Å². The van der Waals surface area contributed by atoms with E-state index in [4.69, 9.17) is 9.15 Å². The largest absolute Gasteiger partial charge is 0.467 e. The van der Waals surface area contributed by atoms with Crippen molar-refractivity contribution in [2.24, 2.45) is 0 Å². The lowest BCUT2D eigenvalue weighted by Gasteiger charge is -2.04. The van der Waals surface area contributed by atoms with Crippen LogP contribution in [0.4, 0.5) is 0 Å². The Morgan fingerprint density at radius 2 is 2.25 bits per heavy atom. The van der Waals surface area contributed by atoms with Crippen molar-refractivity contribution in [2.45, 2.75) is 19.4 Å². The summed E-state index contributed by atoms with van der Waals surface area (Å²) in [5.74, 6) is 2.13. The fourth-order valence-electron chi connectivity index (χ4n) is 1.33. The zero-order chi connectivity index (χ0) is 11.5. The molecule has 4 heteroatoms. The zero-order valence-corrected chi connectivity index (χ0v) is 10.7. The van der Waals surface area contributed by atoms with Crippen LogP contribution in [-0.4, -0.2) is 31.7 Å². The van der Waals surface area contributed by atoms with Gasteiger partial charge in [-0.05, 0) is 50.1 Å². The van der Waals surface area contributed by atoms with E-state index in [2.05, 4.69) is 11.6 Å². The van der Waals surface area contributed by atoms with Gasteiger partial charge >= 0.3 is 0 Å².